The predicted molar refractivity (Wildman–Crippen MR) is 118 cm³/mol. The van der Waals surface area contributed by atoms with E-state index in [1.165, 1.54) is 5.56 Å². The van der Waals surface area contributed by atoms with Crippen LogP contribution in [0.2, 0.25) is 0 Å². The van der Waals surface area contributed by atoms with Gasteiger partial charge in [-0.1, -0.05) is 49.4 Å². The highest BCUT2D eigenvalue weighted by molar-refractivity contribution is 7.99. The summed E-state index contributed by atoms with van der Waals surface area (Å²) in [5.41, 5.74) is 1.28. The van der Waals surface area contributed by atoms with Gasteiger partial charge in [-0.25, -0.2) is 0 Å². The molecule has 1 saturated heterocycles. The van der Waals surface area contributed by atoms with Gasteiger partial charge in [-0.05, 0) is 42.9 Å². The highest BCUT2D eigenvalue weighted by atomic mass is 32.2. The van der Waals surface area contributed by atoms with Crippen molar-refractivity contribution in [2.45, 2.75) is 57.6 Å². The zero-order valence-electron chi connectivity index (χ0n) is 17.2. The fourth-order valence-electron chi connectivity index (χ4n) is 3.48. The van der Waals surface area contributed by atoms with Crippen molar-refractivity contribution in [3.05, 3.63) is 48.0 Å². The summed E-state index contributed by atoms with van der Waals surface area (Å²) in [4.78, 5) is 24.6. The average molecular weight is 420 g/mol. The zero-order valence-corrected chi connectivity index (χ0v) is 18.0. The Morgan fingerprint density at radius 3 is 2.79 bits per heavy atom. The van der Waals surface area contributed by atoms with E-state index in [0.717, 1.165) is 30.8 Å². The molecule has 3 atom stereocenters. The molecule has 2 rings (SSSR count). The number of thioether (sulfide) groups is 1. The first kappa shape index (κ1) is 23.5. The maximum absolute atomic E-state index is 12.2. The number of aliphatic carboxylic acids is 1. The Balaban J connectivity index is 1.73. The molecule has 160 valence electrons. The lowest BCUT2D eigenvalue weighted by Crippen LogP contribution is -2.34. The molecule has 2 N–H and O–H groups in total. The number of hydrogen-bond donors (Lipinski definition) is 2. The quantitative estimate of drug-likeness (QED) is 0.376. The van der Waals surface area contributed by atoms with Crippen molar-refractivity contribution in [2.24, 2.45) is 5.92 Å². The molecule has 29 heavy (non-hydrogen) atoms. The van der Waals surface area contributed by atoms with E-state index in [0.29, 0.717) is 19.4 Å². The van der Waals surface area contributed by atoms with Gasteiger partial charge in [0.15, 0.2) is 0 Å². The van der Waals surface area contributed by atoms with Crippen LogP contribution in [0.4, 0.5) is 0 Å². The van der Waals surface area contributed by atoms with Crippen molar-refractivity contribution in [3.63, 3.8) is 0 Å². The minimum Gasteiger partial charge on any atom is -0.481 e. The number of likely N-dealkylation sites (tertiary alicyclic amines) is 1. The number of nitrogens with zero attached hydrogens (tertiary/aromatic N) is 1. The molecule has 0 spiro atoms. The van der Waals surface area contributed by atoms with E-state index in [4.69, 9.17) is 5.11 Å². The van der Waals surface area contributed by atoms with Crippen LogP contribution in [0.5, 0.6) is 0 Å². The van der Waals surface area contributed by atoms with Gasteiger partial charge in [0, 0.05) is 25.1 Å². The summed E-state index contributed by atoms with van der Waals surface area (Å²) >= 11 is 1.69. The second kappa shape index (κ2) is 12.7. The van der Waals surface area contributed by atoms with Crippen LogP contribution in [0.3, 0.4) is 0 Å². The van der Waals surface area contributed by atoms with Gasteiger partial charge in [-0.15, -0.1) is 0 Å². The van der Waals surface area contributed by atoms with Gasteiger partial charge in [-0.2, -0.15) is 11.8 Å². The van der Waals surface area contributed by atoms with Crippen LogP contribution in [0.25, 0.3) is 0 Å². The average Bonchev–Trinajstić information content (AvgIpc) is 3.07. The van der Waals surface area contributed by atoms with Crippen LogP contribution < -0.4 is 0 Å². The van der Waals surface area contributed by atoms with Crippen molar-refractivity contribution in [2.75, 3.05) is 18.1 Å². The normalized spacial score (nSPS) is 19.0. The smallest absolute Gasteiger partial charge is 0.303 e. The molecule has 1 aromatic rings. The molecule has 1 aliphatic heterocycles. The van der Waals surface area contributed by atoms with Crippen LogP contribution in [-0.4, -0.2) is 57.2 Å². The lowest BCUT2D eigenvalue weighted by Gasteiger charge is -2.23. The molecule has 1 amide bonds. The number of carbonyl (C=O) groups is 2. The molecule has 0 aliphatic carbocycles. The predicted octanol–water partition coefficient (Wildman–Crippen LogP) is 3.76. The fraction of sp³-hybridized carbons (Fsp3) is 0.565. The van der Waals surface area contributed by atoms with E-state index < -0.39 is 12.1 Å². The van der Waals surface area contributed by atoms with Gasteiger partial charge >= 0.3 is 5.97 Å². The van der Waals surface area contributed by atoms with Crippen molar-refractivity contribution >= 4 is 23.6 Å². The molecular weight excluding hydrogens is 386 g/mol. The molecule has 1 fully saturated rings. The number of aryl methyl sites for hydroxylation is 1. The first-order valence-electron chi connectivity index (χ1n) is 10.5. The van der Waals surface area contributed by atoms with Crippen LogP contribution in [-0.2, 0) is 16.0 Å². The highest BCUT2D eigenvalue weighted by Gasteiger charge is 2.28. The Morgan fingerprint density at radius 1 is 1.31 bits per heavy atom. The van der Waals surface area contributed by atoms with Gasteiger partial charge in [0.1, 0.15) is 0 Å². The number of rotatable bonds is 13. The second-order valence-electron chi connectivity index (χ2n) is 7.68. The topological polar surface area (TPSA) is 77.8 Å². The molecule has 0 saturated carbocycles. The Labute approximate surface area is 178 Å². The molecule has 6 heteroatoms. The second-order valence-corrected chi connectivity index (χ2v) is 8.90. The summed E-state index contributed by atoms with van der Waals surface area (Å²) in [7, 11) is 0. The third-order valence-corrected chi connectivity index (χ3v) is 6.42. The summed E-state index contributed by atoms with van der Waals surface area (Å²) < 4.78 is 0. The Kier molecular flexibility index (Phi) is 10.3. The number of benzene rings is 1. The third kappa shape index (κ3) is 8.62. The Morgan fingerprint density at radius 2 is 2.07 bits per heavy atom. The number of hydrogen-bond acceptors (Lipinski definition) is 4. The zero-order chi connectivity index (χ0) is 21.1. The fourth-order valence-corrected chi connectivity index (χ4v) is 4.36. The van der Waals surface area contributed by atoms with E-state index in [1.54, 1.807) is 11.8 Å². The first-order chi connectivity index (χ1) is 14.0. The largest absolute Gasteiger partial charge is 0.481 e. The van der Waals surface area contributed by atoms with E-state index in [2.05, 4.69) is 19.1 Å². The SMILES string of the molecule is C[C@@H](CCc1ccccc1)[C@H](O)/C=C/[C@H]1CCC(=O)N1CCSCCCC(=O)O. The maximum Gasteiger partial charge on any atom is 0.303 e. The number of carbonyl (C=O) groups excluding carboxylic acids is 1. The van der Waals surface area contributed by atoms with Crippen molar-refractivity contribution < 1.29 is 19.8 Å². The maximum atomic E-state index is 12.2. The molecule has 1 heterocycles. The van der Waals surface area contributed by atoms with Gasteiger partial charge < -0.3 is 15.1 Å². The summed E-state index contributed by atoms with van der Waals surface area (Å²) in [5.74, 6) is 1.17. The third-order valence-electron chi connectivity index (χ3n) is 5.38. The van der Waals surface area contributed by atoms with Crippen molar-refractivity contribution in [3.8, 4) is 0 Å². The summed E-state index contributed by atoms with van der Waals surface area (Å²) in [6, 6.07) is 10.3. The highest BCUT2D eigenvalue weighted by Crippen LogP contribution is 2.22. The monoisotopic (exact) mass is 419 g/mol. The van der Waals surface area contributed by atoms with E-state index >= 15 is 0 Å². The van der Waals surface area contributed by atoms with Crippen LogP contribution in [0, 0.1) is 5.92 Å². The number of amides is 1. The summed E-state index contributed by atoms with van der Waals surface area (Å²) in [6.07, 6.45) is 7.39. The Bertz CT molecular complexity index is 664. The van der Waals surface area contributed by atoms with E-state index in [-0.39, 0.29) is 24.3 Å². The molecule has 1 aromatic carbocycles. The molecule has 0 bridgehead atoms. The van der Waals surface area contributed by atoms with Crippen molar-refractivity contribution in [1.82, 2.24) is 4.90 Å². The summed E-state index contributed by atoms with van der Waals surface area (Å²) in [6.45, 7) is 2.73. The van der Waals surface area contributed by atoms with Gasteiger partial charge in [-0.3, -0.25) is 9.59 Å². The number of carboxylic acid groups (broad SMARTS) is 1. The molecule has 0 unspecified atom stereocenters. The standard InChI is InChI=1S/C23H33NO4S/c1-18(9-10-19-6-3-2-4-7-19)21(25)13-11-20-12-14-22(26)24(20)15-17-29-16-5-8-23(27)28/h2-4,6-7,11,13,18,20-21,25H,5,8-10,12,14-17H2,1H3,(H,27,28)/b13-11+/t18-,20-,21+/m0/s1. The first-order valence-corrected chi connectivity index (χ1v) is 11.6. The number of aliphatic hydroxyl groups is 1. The Hall–Kier alpha value is -1.79. The van der Waals surface area contributed by atoms with Gasteiger partial charge in [0.05, 0.1) is 12.1 Å². The van der Waals surface area contributed by atoms with Crippen LogP contribution in [0.15, 0.2) is 42.5 Å². The number of aliphatic hydroxyl groups excluding tert-OH is 1. The molecule has 0 aromatic heterocycles. The number of carboxylic acids is 1. The molecule has 1 aliphatic rings. The minimum atomic E-state index is -0.762. The molecule has 5 nitrogen and oxygen atoms in total. The minimum absolute atomic E-state index is 0.0538. The van der Waals surface area contributed by atoms with E-state index in [1.807, 2.05) is 35.3 Å². The van der Waals surface area contributed by atoms with Gasteiger partial charge in [0.25, 0.3) is 0 Å². The van der Waals surface area contributed by atoms with Crippen LogP contribution >= 0.6 is 11.8 Å². The summed E-state index contributed by atoms with van der Waals surface area (Å²) in [5, 5.41) is 19.1. The van der Waals surface area contributed by atoms with E-state index in [9.17, 15) is 14.7 Å². The van der Waals surface area contributed by atoms with Crippen molar-refractivity contribution in [1.29, 1.82) is 0 Å². The molecular formula is C23H33NO4S. The lowest BCUT2D eigenvalue weighted by atomic mass is 9.95. The lowest BCUT2D eigenvalue weighted by molar-refractivity contribution is -0.137. The molecule has 0 radical (unpaired) electrons. The van der Waals surface area contributed by atoms with Crippen LogP contribution in [0.1, 0.15) is 44.6 Å². The van der Waals surface area contributed by atoms with Gasteiger partial charge in [0.2, 0.25) is 5.91 Å².